The lowest BCUT2D eigenvalue weighted by Gasteiger charge is -2.22. The van der Waals surface area contributed by atoms with Crippen molar-refractivity contribution >= 4 is 11.3 Å². The van der Waals surface area contributed by atoms with Crippen LogP contribution in [0.25, 0.3) is 11.4 Å². The number of hydrogen-bond acceptors (Lipinski definition) is 5. The summed E-state index contributed by atoms with van der Waals surface area (Å²) in [6, 6.07) is 0.618. The van der Waals surface area contributed by atoms with Crippen molar-refractivity contribution in [3.8, 4) is 11.4 Å². The van der Waals surface area contributed by atoms with Gasteiger partial charge in [-0.05, 0) is 43.7 Å². The quantitative estimate of drug-likeness (QED) is 0.932. The number of piperidine rings is 1. The van der Waals surface area contributed by atoms with Gasteiger partial charge in [-0.1, -0.05) is 11.6 Å². The largest absolute Gasteiger partial charge is 0.339 e. The average molecular weight is 277 g/mol. The molecular formula is C14H19N3OS. The molecule has 5 heteroatoms. The predicted molar refractivity (Wildman–Crippen MR) is 76.3 cm³/mol. The number of thiophene rings is 1. The molecule has 0 amide bonds. The van der Waals surface area contributed by atoms with E-state index >= 15 is 0 Å². The Morgan fingerprint density at radius 3 is 3.11 bits per heavy atom. The molecule has 4 nitrogen and oxygen atoms in total. The van der Waals surface area contributed by atoms with Crippen molar-refractivity contribution < 1.29 is 4.52 Å². The van der Waals surface area contributed by atoms with Gasteiger partial charge >= 0.3 is 0 Å². The first kappa shape index (κ1) is 12.8. The fraction of sp³-hybridized carbons (Fsp3) is 0.571. The summed E-state index contributed by atoms with van der Waals surface area (Å²) in [7, 11) is 0. The molecule has 3 rings (SSSR count). The Kier molecular flexibility index (Phi) is 3.94. The molecule has 1 unspecified atom stereocenters. The van der Waals surface area contributed by atoms with Crippen molar-refractivity contribution in [2.75, 3.05) is 6.54 Å². The molecule has 1 N–H and O–H groups in total. The molecule has 0 bridgehead atoms. The van der Waals surface area contributed by atoms with E-state index in [0.29, 0.717) is 6.04 Å². The first-order valence-corrected chi connectivity index (χ1v) is 7.86. The molecule has 1 fully saturated rings. The molecular weight excluding hydrogens is 258 g/mol. The highest BCUT2D eigenvalue weighted by atomic mass is 32.1. The van der Waals surface area contributed by atoms with E-state index in [2.05, 4.69) is 33.1 Å². The lowest BCUT2D eigenvalue weighted by atomic mass is 10.0. The van der Waals surface area contributed by atoms with E-state index in [1.807, 2.05) is 0 Å². The molecule has 1 aliphatic heterocycles. The van der Waals surface area contributed by atoms with Gasteiger partial charge in [0, 0.05) is 23.4 Å². The maximum Gasteiger partial charge on any atom is 0.227 e. The molecule has 0 aliphatic carbocycles. The third kappa shape index (κ3) is 3.04. The molecule has 0 spiro atoms. The summed E-state index contributed by atoms with van der Waals surface area (Å²) in [5.74, 6) is 1.48. The zero-order valence-electron chi connectivity index (χ0n) is 11.2. The Morgan fingerprint density at radius 2 is 2.37 bits per heavy atom. The van der Waals surface area contributed by atoms with Gasteiger partial charge < -0.3 is 9.84 Å². The van der Waals surface area contributed by atoms with E-state index in [1.54, 1.807) is 11.3 Å². The van der Waals surface area contributed by atoms with Gasteiger partial charge in [-0.3, -0.25) is 0 Å². The fourth-order valence-corrected chi connectivity index (χ4v) is 3.35. The van der Waals surface area contributed by atoms with Crippen LogP contribution in [-0.2, 0) is 6.42 Å². The highest BCUT2D eigenvalue weighted by Crippen LogP contribution is 2.24. The molecule has 3 heterocycles. The lowest BCUT2D eigenvalue weighted by Crippen LogP contribution is -2.34. The highest BCUT2D eigenvalue weighted by Gasteiger charge is 2.15. The van der Waals surface area contributed by atoms with Gasteiger partial charge in [-0.25, -0.2) is 0 Å². The molecule has 2 aromatic rings. The number of aryl methyl sites for hydroxylation is 2. The van der Waals surface area contributed by atoms with Crippen LogP contribution in [0, 0.1) is 6.92 Å². The second-order valence-corrected chi connectivity index (χ2v) is 5.91. The Labute approximate surface area is 117 Å². The number of nitrogens with zero attached hydrogens (tertiary/aromatic N) is 2. The van der Waals surface area contributed by atoms with Crippen LogP contribution >= 0.6 is 11.3 Å². The van der Waals surface area contributed by atoms with E-state index in [9.17, 15) is 0 Å². The van der Waals surface area contributed by atoms with Crippen molar-refractivity contribution in [3.63, 3.8) is 0 Å². The molecule has 0 radical (unpaired) electrons. The maximum atomic E-state index is 5.35. The molecule has 102 valence electrons. The molecule has 1 saturated heterocycles. The van der Waals surface area contributed by atoms with Crippen LogP contribution in [0.3, 0.4) is 0 Å². The number of aromatic nitrogens is 2. The van der Waals surface area contributed by atoms with Gasteiger partial charge in [0.2, 0.25) is 11.7 Å². The molecule has 0 aromatic carbocycles. The van der Waals surface area contributed by atoms with E-state index < -0.39 is 0 Å². The number of hydrogen-bond donors (Lipinski definition) is 1. The molecule has 1 aliphatic rings. The standard InChI is InChI=1S/C14H19N3OS/c1-10-8-19-9-12(10)14-16-13(18-17-14)6-5-11-4-2-3-7-15-11/h8-9,11,15H,2-7H2,1H3. The van der Waals surface area contributed by atoms with Crippen molar-refractivity contribution in [3.05, 3.63) is 22.2 Å². The zero-order valence-corrected chi connectivity index (χ0v) is 12.0. The van der Waals surface area contributed by atoms with E-state index in [-0.39, 0.29) is 0 Å². The molecule has 0 saturated carbocycles. The van der Waals surface area contributed by atoms with Gasteiger partial charge in [0.05, 0.1) is 0 Å². The molecule has 1 atom stereocenters. The Hall–Kier alpha value is -1.20. The van der Waals surface area contributed by atoms with Crippen LogP contribution in [-0.4, -0.2) is 22.7 Å². The first-order chi connectivity index (χ1) is 9.33. The Balaban J connectivity index is 1.60. The fourth-order valence-electron chi connectivity index (χ4n) is 2.52. The summed E-state index contributed by atoms with van der Waals surface area (Å²) in [6.45, 7) is 3.22. The minimum absolute atomic E-state index is 0.618. The van der Waals surface area contributed by atoms with Gasteiger partial charge in [0.1, 0.15) is 0 Å². The topological polar surface area (TPSA) is 51.0 Å². The summed E-state index contributed by atoms with van der Waals surface area (Å²) in [6.07, 6.45) is 5.86. The highest BCUT2D eigenvalue weighted by molar-refractivity contribution is 7.08. The monoisotopic (exact) mass is 277 g/mol. The van der Waals surface area contributed by atoms with E-state index in [0.717, 1.165) is 36.7 Å². The van der Waals surface area contributed by atoms with Crippen LogP contribution in [0.5, 0.6) is 0 Å². The first-order valence-electron chi connectivity index (χ1n) is 6.92. The van der Waals surface area contributed by atoms with Gasteiger partial charge in [0.25, 0.3) is 0 Å². The summed E-state index contributed by atoms with van der Waals surface area (Å²) >= 11 is 1.67. The number of rotatable bonds is 4. The van der Waals surface area contributed by atoms with Crippen molar-refractivity contribution in [1.82, 2.24) is 15.5 Å². The maximum absolute atomic E-state index is 5.35. The lowest BCUT2D eigenvalue weighted by molar-refractivity contribution is 0.342. The molecule has 19 heavy (non-hydrogen) atoms. The van der Waals surface area contributed by atoms with Crippen molar-refractivity contribution in [2.45, 2.75) is 45.1 Å². The summed E-state index contributed by atoms with van der Waals surface area (Å²) < 4.78 is 5.35. The Morgan fingerprint density at radius 1 is 1.42 bits per heavy atom. The van der Waals surface area contributed by atoms with E-state index in [1.165, 1.54) is 24.8 Å². The second kappa shape index (κ2) is 5.84. The van der Waals surface area contributed by atoms with Gasteiger partial charge in [-0.15, -0.1) is 0 Å². The van der Waals surface area contributed by atoms with Crippen molar-refractivity contribution in [2.24, 2.45) is 0 Å². The smallest absolute Gasteiger partial charge is 0.227 e. The van der Waals surface area contributed by atoms with Crippen LogP contribution in [0.2, 0.25) is 0 Å². The predicted octanol–water partition coefficient (Wildman–Crippen LogP) is 3.18. The van der Waals surface area contributed by atoms with Gasteiger partial charge in [-0.2, -0.15) is 16.3 Å². The third-order valence-electron chi connectivity index (χ3n) is 3.68. The second-order valence-electron chi connectivity index (χ2n) is 5.17. The molecule has 2 aromatic heterocycles. The number of nitrogens with one attached hydrogen (secondary N) is 1. The van der Waals surface area contributed by atoms with Crippen LogP contribution in [0.1, 0.15) is 37.1 Å². The average Bonchev–Trinajstić information content (AvgIpc) is 3.06. The minimum atomic E-state index is 0.618. The van der Waals surface area contributed by atoms with E-state index in [4.69, 9.17) is 4.52 Å². The SMILES string of the molecule is Cc1cscc1-c1noc(CCC2CCCCN2)n1. The third-order valence-corrected chi connectivity index (χ3v) is 4.55. The van der Waals surface area contributed by atoms with Crippen LogP contribution in [0.15, 0.2) is 15.3 Å². The van der Waals surface area contributed by atoms with Crippen LogP contribution < -0.4 is 5.32 Å². The van der Waals surface area contributed by atoms with Crippen molar-refractivity contribution in [1.29, 1.82) is 0 Å². The normalized spacial score (nSPS) is 19.7. The van der Waals surface area contributed by atoms with Crippen LogP contribution in [0.4, 0.5) is 0 Å². The Bertz CT molecular complexity index is 528. The zero-order chi connectivity index (χ0) is 13.1. The minimum Gasteiger partial charge on any atom is -0.339 e. The summed E-state index contributed by atoms with van der Waals surface area (Å²) in [4.78, 5) is 4.50. The summed E-state index contributed by atoms with van der Waals surface area (Å²) in [5, 5.41) is 11.8. The summed E-state index contributed by atoms with van der Waals surface area (Å²) in [5.41, 5.74) is 2.31. The van der Waals surface area contributed by atoms with Gasteiger partial charge in [0.15, 0.2) is 0 Å².